The third-order valence-electron chi connectivity index (χ3n) is 1.40. The molecule has 0 unspecified atom stereocenters. The van der Waals surface area contributed by atoms with Gasteiger partial charge in [-0.15, -0.1) is 0 Å². The zero-order valence-corrected chi connectivity index (χ0v) is 5.60. The summed E-state index contributed by atoms with van der Waals surface area (Å²) >= 11 is 0. The quantitative estimate of drug-likeness (QED) is 0.520. The first-order valence-corrected chi connectivity index (χ1v) is 3.55. The van der Waals surface area contributed by atoms with Gasteiger partial charge in [-0.2, -0.15) is 0 Å². The molecular formula is C6H13N2O. The molecular weight excluding hydrogens is 116 g/mol. The molecule has 1 fully saturated rings. The number of hydrogen-bond donors (Lipinski definition) is 1. The van der Waals surface area contributed by atoms with Gasteiger partial charge in [-0.25, -0.2) is 5.43 Å². The fourth-order valence-corrected chi connectivity index (χ4v) is 0.861. The molecule has 0 amide bonds. The molecule has 3 nitrogen and oxygen atoms in total. The summed E-state index contributed by atoms with van der Waals surface area (Å²) in [5.41, 5.74) is 6.47. The maximum atomic E-state index is 4.87. The second-order valence-electron chi connectivity index (χ2n) is 2.25. The highest BCUT2D eigenvalue weighted by Crippen LogP contribution is 1.99. The van der Waals surface area contributed by atoms with Crippen LogP contribution in [0.5, 0.6) is 0 Å². The fourth-order valence-electron chi connectivity index (χ4n) is 0.861. The molecule has 1 aliphatic rings. The Labute approximate surface area is 55.7 Å². The van der Waals surface area contributed by atoms with Crippen LogP contribution in [-0.4, -0.2) is 13.2 Å². The van der Waals surface area contributed by atoms with E-state index in [0.29, 0.717) is 0 Å². The molecule has 1 heterocycles. The van der Waals surface area contributed by atoms with Crippen molar-refractivity contribution in [3.63, 3.8) is 0 Å². The van der Waals surface area contributed by atoms with E-state index >= 15 is 0 Å². The number of nitrogens with one attached hydrogen (secondary N) is 1. The maximum absolute atomic E-state index is 4.87. The van der Waals surface area contributed by atoms with Gasteiger partial charge in [-0.3, -0.25) is 4.84 Å². The molecule has 0 aromatic carbocycles. The summed E-state index contributed by atoms with van der Waals surface area (Å²) in [6.07, 6.45) is 4.93. The summed E-state index contributed by atoms with van der Waals surface area (Å²) in [7, 11) is 0. The van der Waals surface area contributed by atoms with Gasteiger partial charge in [-0.05, 0) is 18.4 Å². The zero-order chi connectivity index (χ0) is 6.36. The van der Waals surface area contributed by atoms with E-state index in [2.05, 4.69) is 11.0 Å². The minimum absolute atomic E-state index is 0.771. The van der Waals surface area contributed by atoms with E-state index in [1.807, 2.05) is 0 Å². The van der Waals surface area contributed by atoms with E-state index in [-0.39, 0.29) is 0 Å². The van der Waals surface area contributed by atoms with Crippen molar-refractivity contribution < 1.29 is 4.84 Å². The van der Waals surface area contributed by atoms with Gasteiger partial charge >= 0.3 is 0 Å². The monoisotopic (exact) mass is 129 g/mol. The van der Waals surface area contributed by atoms with E-state index < -0.39 is 0 Å². The van der Waals surface area contributed by atoms with Crippen LogP contribution in [0.2, 0.25) is 0 Å². The van der Waals surface area contributed by atoms with Gasteiger partial charge in [0.1, 0.15) is 0 Å². The van der Waals surface area contributed by atoms with E-state index in [4.69, 9.17) is 4.84 Å². The lowest BCUT2D eigenvalue weighted by Crippen LogP contribution is -2.25. The number of rotatable bonds is 0. The van der Waals surface area contributed by atoms with Crippen LogP contribution in [0.4, 0.5) is 0 Å². The van der Waals surface area contributed by atoms with Crippen LogP contribution < -0.4 is 11.0 Å². The molecule has 1 N–H and O–H groups in total. The first kappa shape index (κ1) is 6.99. The largest absolute Gasteiger partial charge is 0.267 e. The fraction of sp³-hybridized carbons (Fsp3) is 1.00. The topological polar surface area (TPSA) is 35.4 Å². The smallest absolute Gasteiger partial charge is 0.0718 e. The van der Waals surface area contributed by atoms with Gasteiger partial charge in [0.05, 0.1) is 6.61 Å². The molecule has 0 spiro atoms. The van der Waals surface area contributed by atoms with Crippen LogP contribution in [0.3, 0.4) is 0 Å². The zero-order valence-electron chi connectivity index (χ0n) is 5.60. The number of nitrogens with zero attached hydrogens (tertiary/aromatic N) is 1. The average Bonchev–Trinajstić information content (AvgIpc) is 2.00. The average molecular weight is 129 g/mol. The molecule has 9 heavy (non-hydrogen) atoms. The Hall–Kier alpha value is -0.120. The third kappa shape index (κ3) is 3.46. The second-order valence-corrected chi connectivity index (χ2v) is 2.25. The van der Waals surface area contributed by atoms with Crippen LogP contribution in [0, 0.1) is 0 Å². The minimum Gasteiger partial charge on any atom is -0.267 e. The van der Waals surface area contributed by atoms with Gasteiger partial charge in [0.15, 0.2) is 0 Å². The van der Waals surface area contributed by atoms with Crippen LogP contribution in [0.15, 0.2) is 0 Å². The summed E-state index contributed by atoms with van der Waals surface area (Å²) in [5, 5.41) is 0. The van der Waals surface area contributed by atoms with Crippen molar-refractivity contribution in [2.24, 2.45) is 0 Å². The van der Waals surface area contributed by atoms with Gasteiger partial charge < -0.3 is 0 Å². The van der Waals surface area contributed by atoms with Gasteiger partial charge in [-0.1, -0.05) is 12.8 Å². The van der Waals surface area contributed by atoms with E-state index in [1.54, 1.807) is 0 Å². The molecule has 0 aliphatic carbocycles. The van der Waals surface area contributed by atoms with Crippen molar-refractivity contribution in [3.05, 3.63) is 0 Å². The van der Waals surface area contributed by atoms with Crippen molar-refractivity contribution in [1.29, 1.82) is 0 Å². The normalized spacial score (nSPS) is 24.0. The Kier molecular flexibility index (Phi) is 3.68. The summed E-state index contributed by atoms with van der Waals surface area (Å²) in [6.45, 7) is 1.73. The molecule has 1 aliphatic heterocycles. The first-order valence-electron chi connectivity index (χ1n) is 3.55. The van der Waals surface area contributed by atoms with Crippen LogP contribution in [-0.2, 0) is 4.84 Å². The first-order chi connectivity index (χ1) is 4.50. The Morgan fingerprint density at radius 2 is 2.00 bits per heavy atom. The molecule has 0 aromatic heterocycles. The molecule has 0 saturated carbocycles. The SMILES string of the molecule is C1CCCO[N]NCC1. The Morgan fingerprint density at radius 3 is 3.00 bits per heavy atom. The molecule has 0 atom stereocenters. The maximum Gasteiger partial charge on any atom is 0.0718 e. The summed E-state index contributed by atoms with van der Waals surface area (Å²) in [6, 6.07) is 0. The van der Waals surface area contributed by atoms with Crippen molar-refractivity contribution in [1.82, 2.24) is 11.0 Å². The summed E-state index contributed by atoms with van der Waals surface area (Å²) in [4.78, 5) is 4.87. The Bertz CT molecular complexity index is 39.5. The standard InChI is InChI=1S/C6H13N2O/c1-2-4-6-9-8-7-5-3-1/h7H,1-6H2. The minimum atomic E-state index is 0.771. The van der Waals surface area contributed by atoms with Crippen LogP contribution in [0.1, 0.15) is 25.7 Å². The van der Waals surface area contributed by atoms with Gasteiger partial charge in [0.2, 0.25) is 0 Å². The van der Waals surface area contributed by atoms with E-state index in [9.17, 15) is 0 Å². The van der Waals surface area contributed by atoms with Crippen molar-refractivity contribution >= 4 is 0 Å². The van der Waals surface area contributed by atoms with E-state index in [1.165, 1.54) is 19.3 Å². The molecule has 0 aromatic rings. The summed E-state index contributed by atoms with van der Waals surface area (Å²) < 4.78 is 0. The third-order valence-corrected chi connectivity index (χ3v) is 1.40. The molecule has 1 saturated heterocycles. The lowest BCUT2D eigenvalue weighted by molar-refractivity contribution is 0.00368. The molecule has 0 bridgehead atoms. The predicted molar refractivity (Wildman–Crippen MR) is 34.6 cm³/mol. The van der Waals surface area contributed by atoms with Crippen molar-refractivity contribution in [3.8, 4) is 0 Å². The molecule has 3 heteroatoms. The highest BCUT2D eigenvalue weighted by molar-refractivity contribution is 4.45. The highest BCUT2D eigenvalue weighted by atomic mass is 16.7. The van der Waals surface area contributed by atoms with Crippen LogP contribution in [0.25, 0.3) is 0 Å². The Morgan fingerprint density at radius 1 is 1.11 bits per heavy atom. The molecule has 1 rings (SSSR count). The van der Waals surface area contributed by atoms with Crippen molar-refractivity contribution in [2.45, 2.75) is 25.7 Å². The lowest BCUT2D eigenvalue weighted by atomic mass is 10.2. The predicted octanol–water partition coefficient (Wildman–Crippen LogP) is 0.601. The Balaban J connectivity index is 2.02. The van der Waals surface area contributed by atoms with E-state index in [0.717, 1.165) is 19.6 Å². The molecule has 1 radical (unpaired) electrons. The second kappa shape index (κ2) is 4.73. The van der Waals surface area contributed by atoms with Gasteiger partial charge in [0.25, 0.3) is 0 Å². The molecule has 53 valence electrons. The van der Waals surface area contributed by atoms with Gasteiger partial charge in [0, 0.05) is 6.54 Å². The number of hydrogen-bond acceptors (Lipinski definition) is 2. The van der Waals surface area contributed by atoms with Crippen LogP contribution >= 0.6 is 0 Å². The van der Waals surface area contributed by atoms with Crippen molar-refractivity contribution in [2.75, 3.05) is 13.2 Å². The summed E-state index contributed by atoms with van der Waals surface area (Å²) in [5.74, 6) is 0. The lowest BCUT2D eigenvalue weighted by Gasteiger charge is -1.97. The highest BCUT2D eigenvalue weighted by Gasteiger charge is 1.95.